The van der Waals surface area contributed by atoms with Crippen molar-refractivity contribution in [3.05, 3.63) is 77.4 Å². The number of halogens is 2. The highest BCUT2D eigenvalue weighted by molar-refractivity contribution is 5.94. The third-order valence-corrected chi connectivity index (χ3v) is 5.70. The Bertz CT molecular complexity index is 1010. The number of benzene rings is 2. The van der Waals surface area contributed by atoms with Gasteiger partial charge in [-0.15, -0.1) is 0 Å². The molecular formula is C24H27F2N3O2. The van der Waals surface area contributed by atoms with Crippen LogP contribution in [0.2, 0.25) is 0 Å². The van der Waals surface area contributed by atoms with E-state index < -0.39 is 35.0 Å². The van der Waals surface area contributed by atoms with Gasteiger partial charge in [-0.3, -0.25) is 9.59 Å². The summed E-state index contributed by atoms with van der Waals surface area (Å²) in [5, 5.41) is 2.71. The van der Waals surface area contributed by atoms with Gasteiger partial charge in [-0.1, -0.05) is 36.4 Å². The fourth-order valence-corrected chi connectivity index (χ4v) is 3.69. The molecule has 2 aromatic carbocycles. The van der Waals surface area contributed by atoms with Gasteiger partial charge in [0, 0.05) is 18.7 Å². The van der Waals surface area contributed by atoms with E-state index in [1.54, 1.807) is 26.8 Å². The molecule has 0 radical (unpaired) electrons. The minimum absolute atomic E-state index is 0.0535. The van der Waals surface area contributed by atoms with Crippen molar-refractivity contribution < 1.29 is 18.4 Å². The maximum atomic E-state index is 14.4. The fraction of sp³-hybridized carbons (Fsp3) is 0.333. The van der Waals surface area contributed by atoms with E-state index in [9.17, 15) is 18.4 Å². The second-order valence-corrected chi connectivity index (χ2v) is 8.20. The first-order valence-electron chi connectivity index (χ1n) is 10.2. The smallest absolute Gasteiger partial charge is 0.241 e. The summed E-state index contributed by atoms with van der Waals surface area (Å²) >= 11 is 0. The van der Waals surface area contributed by atoms with Crippen molar-refractivity contribution in [2.45, 2.75) is 32.9 Å². The number of nitrogens with two attached hydrogens (primary N) is 1. The van der Waals surface area contributed by atoms with Crippen LogP contribution in [0.15, 0.2) is 54.6 Å². The van der Waals surface area contributed by atoms with Gasteiger partial charge in [0.1, 0.15) is 11.6 Å². The van der Waals surface area contributed by atoms with Gasteiger partial charge >= 0.3 is 0 Å². The van der Waals surface area contributed by atoms with Crippen molar-refractivity contribution in [1.82, 2.24) is 10.2 Å². The van der Waals surface area contributed by atoms with E-state index in [0.717, 1.165) is 23.8 Å². The summed E-state index contributed by atoms with van der Waals surface area (Å²) in [5.41, 5.74) is 6.53. The zero-order chi connectivity index (χ0) is 22.8. The molecular weight excluding hydrogens is 400 g/mol. The molecule has 0 saturated carbocycles. The molecule has 0 bridgehead atoms. The third kappa shape index (κ3) is 4.51. The maximum Gasteiger partial charge on any atom is 0.241 e. The second-order valence-electron chi connectivity index (χ2n) is 8.20. The first-order valence-corrected chi connectivity index (χ1v) is 10.2. The lowest BCUT2D eigenvalue weighted by Gasteiger charge is -2.34. The van der Waals surface area contributed by atoms with Crippen LogP contribution >= 0.6 is 0 Å². The van der Waals surface area contributed by atoms with E-state index in [1.165, 1.54) is 4.90 Å². The van der Waals surface area contributed by atoms with Crippen LogP contribution in [0.25, 0.3) is 5.57 Å². The highest BCUT2D eigenvalue weighted by atomic mass is 19.1. The summed E-state index contributed by atoms with van der Waals surface area (Å²) < 4.78 is 28.2. The van der Waals surface area contributed by atoms with Crippen molar-refractivity contribution in [3.8, 4) is 0 Å². The molecule has 164 valence electrons. The predicted octanol–water partition coefficient (Wildman–Crippen LogP) is 3.42. The highest BCUT2D eigenvalue weighted by Gasteiger charge is 2.43. The fourth-order valence-electron chi connectivity index (χ4n) is 3.69. The molecule has 0 aliphatic carbocycles. The molecule has 0 unspecified atom stereocenters. The number of nitrogens with one attached hydrogen (secondary N) is 1. The number of hydrogen-bond acceptors (Lipinski definition) is 3. The molecule has 7 heteroatoms. The van der Waals surface area contributed by atoms with Gasteiger partial charge in [0.2, 0.25) is 11.8 Å². The van der Waals surface area contributed by atoms with E-state index >= 15 is 0 Å². The zero-order valence-corrected chi connectivity index (χ0v) is 17.9. The Morgan fingerprint density at radius 3 is 2.52 bits per heavy atom. The standard InChI is InChI=1S/C24H27F2N3O2/c1-4-28-23(31)24(2,3)21(27)22(30)29-14-16(18-13-17(25)10-11-19(18)26)12-20(29)15-8-6-5-7-9-15/h5-13,20-21H,4,14,27H2,1-3H3,(H,28,31)/t20-,21+/m0/s1. The minimum atomic E-state index is -1.15. The Balaban J connectivity index is 1.98. The van der Waals surface area contributed by atoms with E-state index in [0.29, 0.717) is 12.1 Å². The van der Waals surface area contributed by atoms with Crippen LogP contribution in [0.4, 0.5) is 8.78 Å². The average Bonchev–Trinajstić information content (AvgIpc) is 3.20. The van der Waals surface area contributed by atoms with Gasteiger partial charge in [-0.25, -0.2) is 8.78 Å². The van der Waals surface area contributed by atoms with Crippen molar-refractivity contribution in [2.75, 3.05) is 13.1 Å². The molecule has 2 aromatic rings. The number of nitrogens with zero attached hydrogens (tertiary/aromatic N) is 1. The van der Waals surface area contributed by atoms with E-state index in [2.05, 4.69) is 5.32 Å². The first-order chi connectivity index (χ1) is 14.7. The van der Waals surface area contributed by atoms with Gasteiger partial charge in [0.05, 0.1) is 17.5 Å². The Labute approximate surface area is 180 Å². The van der Waals surface area contributed by atoms with Crippen LogP contribution in [0.5, 0.6) is 0 Å². The first kappa shape index (κ1) is 22.6. The average molecular weight is 427 g/mol. The minimum Gasteiger partial charge on any atom is -0.356 e. The zero-order valence-electron chi connectivity index (χ0n) is 17.9. The van der Waals surface area contributed by atoms with Crippen molar-refractivity contribution in [3.63, 3.8) is 0 Å². The molecule has 0 spiro atoms. The van der Waals surface area contributed by atoms with Crippen LogP contribution in [0.3, 0.4) is 0 Å². The SMILES string of the molecule is CCNC(=O)C(C)(C)[C@H](N)C(=O)N1CC(c2cc(F)ccc2F)=C[C@H]1c1ccccc1. The van der Waals surface area contributed by atoms with E-state index in [4.69, 9.17) is 5.73 Å². The third-order valence-electron chi connectivity index (χ3n) is 5.70. The van der Waals surface area contributed by atoms with Crippen LogP contribution in [-0.4, -0.2) is 35.8 Å². The molecule has 2 amide bonds. The van der Waals surface area contributed by atoms with Gasteiger partial charge in [-0.05, 0) is 50.1 Å². The lowest BCUT2D eigenvalue weighted by molar-refractivity contribution is -0.142. The molecule has 3 N–H and O–H groups in total. The number of carbonyl (C=O) groups is 2. The van der Waals surface area contributed by atoms with E-state index in [-0.39, 0.29) is 18.0 Å². The van der Waals surface area contributed by atoms with E-state index in [1.807, 2.05) is 30.3 Å². The lowest BCUT2D eigenvalue weighted by Crippen LogP contribution is -2.56. The molecule has 1 aliphatic rings. The van der Waals surface area contributed by atoms with Gasteiger partial charge in [-0.2, -0.15) is 0 Å². The normalized spacial score (nSPS) is 17.3. The molecule has 1 aliphatic heterocycles. The largest absolute Gasteiger partial charge is 0.356 e. The second kappa shape index (κ2) is 8.98. The number of carbonyl (C=O) groups excluding carboxylic acids is 2. The molecule has 2 atom stereocenters. The van der Waals surface area contributed by atoms with Crippen molar-refractivity contribution in [2.24, 2.45) is 11.1 Å². The van der Waals surface area contributed by atoms with Gasteiger partial charge in [0.25, 0.3) is 0 Å². The Morgan fingerprint density at radius 2 is 1.87 bits per heavy atom. The molecule has 5 nitrogen and oxygen atoms in total. The quantitative estimate of drug-likeness (QED) is 0.742. The molecule has 31 heavy (non-hydrogen) atoms. The lowest BCUT2D eigenvalue weighted by atomic mass is 9.82. The monoisotopic (exact) mass is 427 g/mol. The highest BCUT2D eigenvalue weighted by Crippen LogP contribution is 2.37. The van der Waals surface area contributed by atoms with Crippen LogP contribution in [0, 0.1) is 17.0 Å². The summed E-state index contributed by atoms with van der Waals surface area (Å²) in [4.78, 5) is 27.4. The van der Waals surface area contributed by atoms with Crippen LogP contribution < -0.4 is 11.1 Å². The van der Waals surface area contributed by atoms with Crippen LogP contribution in [0.1, 0.15) is 37.9 Å². The topological polar surface area (TPSA) is 75.4 Å². The number of hydrogen-bond donors (Lipinski definition) is 2. The summed E-state index contributed by atoms with van der Waals surface area (Å²) in [6, 6.07) is 10.9. The Morgan fingerprint density at radius 1 is 1.19 bits per heavy atom. The summed E-state index contributed by atoms with van der Waals surface area (Å²) in [5.74, 6) is -1.89. The molecule has 0 saturated heterocycles. The van der Waals surface area contributed by atoms with Gasteiger partial charge < -0.3 is 16.0 Å². The molecule has 3 rings (SSSR count). The number of amides is 2. The summed E-state index contributed by atoms with van der Waals surface area (Å²) in [6.07, 6.45) is 1.75. The predicted molar refractivity (Wildman–Crippen MR) is 116 cm³/mol. The maximum absolute atomic E-state index is 14.4. The molecule has 0 fully saturated rings. The molecule has 1 heterocycles. The Hall–Kier alpha value is -3.06. The number of rotatable bonds is 6. The Kier molecular flexibility index (Phi) is 6.55. The summed E-state index contributed by atoms with van der Waals surface area (Å²) in [6.45, 7) is 5.50. The van der Waals surface area contributed by atoms with Crippen molar-refractivity contribution in [1.29, 1.82) is 0 Å². The molecule has 0 aromatic heterocycles. The van der Waals surface area contributed by atoms with Crippen LogP contribution in [-0.2, 0) is 9.59 Å². The summed E-state index contributed by atoms with van der Waals surface area (Å²) in [7, 11) is 0. The van der Waals surface area contributed by atoms with Crippen molar-refractivity contribution >= 4 is 17.4 Å². The van der Waals surface area contributed by atoms with Gasteiger partial charge in [0.15, 0.2) is 0 Å².